The first-order valence-electron chi connectivity index (χ1n) is 13.9. The molecule has 46 heavy (non-hydrogen) atoms. The number of para-hydroxylation sites is 1. The number of halogens is 4. The molecule has 0 radical (unpaired) electrons. The minimum absolute atomic E-state index is 0.00663. The molecule has 0 aliphatic heterocycles. The molecular formula is C34H26ClF3N4O3S. The number of nitrogens with one attached hydrogen (secondary N) is 4. The van der Waals surface area contributed by atoms with Crippen LogP contribution in [0.5, 0.6) is 0 Å². The van der Waals surface area contributed by atoms with Crippen molar-refractivity contribution in [3.05, 3.63) is 131 Å². The fourth-order valence-corrected chi connectivity index (χ4v) is 5.61. The SMILES string of the molecule is CC(Sc1cccc(NC(=O)/C(=C/c2c[nH]c3ccccc23)NC(=O)c2ccccc2)c1)C(=O)Nc1ccc(Cl)cc1C(F)(F)F. The van der Waals surface area contributed by atoms with Gasteiger partial charge in [-0.25, -0.2) is 0 Å². The Labute approximate surface area is 271 Å². The number of fused-ring (bicyclic) bond motifs is 1. The van der Waals surface area contributed by atoms with Gasteiger partial charge in [-0.2, -0.15) is 13.2 Å². The first-order valence-corrected chi connectivity index (χ1v) is 15.1. The number of hydrogen-bond donors (Lipinski definition) is 4. The van der Waals surface area contributed by atoms with Crippen molar-refractivity contribution in [1.29, 1.82) is 0 Å². The number of H-pyrrole nitrogens is 1. The van der Waals surface area contributed by atoms with Crippen molar-refractivity contribution in [2.24, 2.45) is 0 Å². The average molecular weight is 663 g/mol. The maximum atomic E-state index is 13.5. The van der Waals surface area contributed by atoms with Crippen LogP contribution in [0.2, 0.25) is 5.02 Å². The summed E-state index contributed by atoms with van der Waals surface area (Å²) in [5.74, 6) is -1.72. The molecule has 1 atom stereocenters. The number of hydrogen-bond acceptors (Lipinski definition) is 4. The van der Waals surface area contributed by atoms with E-state index >= 15 is 0 Å². The topological polar surface area (TPSA) is 103 Å². The lowest BCUT2D eigenvalue weighted by Crippen LogP contribution is -2.30. The second-order valence-electron chi connectivity index (χ2n) is 10.1. The predicted octanol–water partition coefficient (Wildman–Crippen LogP) is 8.37. The number of benzene rings is 4. The number of alkyl halides is 3. The van der Waals surface area contributed by atoms with Crippen LogP contribution in [0, 0.1) is 0 Å². The van der Waals surface area contributed by atoms with E-state index in [0.29, 0.717) is 21.7 Å². The Morgan fingerprint density at radius 2 is 1.63 bits per heavy atom. The van der Waals surface area contributed by atoms with E-state index in [2.05, 4.69) is 20.9 Å². The summed E-state index contributed by atoms with van der Waals surface area (Å²) in [6, 6.07) is 25.7. The molecule has 234 valence electrons. The fraction of sp³-hybridized carbons (Fsp3) is 0.0882. The zero-order valence-electron chi connectivity index (χ0n) is 24.1. The Kier molecular flexibility index (Phi) is 9.84. The van der Waals surface area contributed by atoms with Gasteiger partial charge in [0.15, 0.2) is 0 Å². The summed E-state index contributed by atoms with van der Waals surface area (Å²) in [6.45, 7) is 1.55. The number of aromatic amines is 1. The summed E-state index contributed by atoms with van der Waals surface area (Å²) in [5, 5.41) is 7.78. The molecule has 0 bridgehead atoms. The highest BCUT2D eigenvalue weighted by atomic mass is 35.5. The summed E-state index contributed by atoms with van der Waals surface area (Å²) < 4.78 is 40.5. The van der Waals surface area contributed by atoms with Crippen LogP contribution in [0.1, 0.15) is 28.4 Å². The Bertz CT molecular complexity index is 1940. The van der Waals surface area contributed by atoms with Crippen molar-refractivity contribution >= 4 is 69.4 Å². The van der Waals surface area contributed by atoms with Crippen molar-refractivity contribution in [1.82, 2.24) is 10.3 Å². The lowest BCUT2D eigenvalue weighted by atomic mass is 10.1. The standard InChI is InChI=1S/C34H26ClF3N4O3S/c1-20(31(43)41-29-15-14-23(35)17-27(29)34(36,37)38)46-25-11-7-10-24(18-25)40-33(45)30(42-32(44)21-8-3-2-4-9-21)16-22-19-39-28-13-6-5-12-26(22)28/h2-20,39H,1H3,(H,40,45)(H,41,43)(H,42,44)/b30-16-. The molecule has 0 spiro atoms. The molecule has 7 nitrogen and oxygen atoms in total. The number of carbonyl (C=O) groups is 3. The highest BCUT2D eigenvalue weighted by Gasteiger charge is 2.34. The Morgan fingerprint density at radius 1 is 0.891 bits per heavy atom. The van der Waals surface area contributed by atoms with Gasteiger partial charge in [0.1, 0.15) is 5.70 Å². The normalized spacial score (nSPS) is 12.4. The van der Waals surface area contributed by atoms with Gasteiger partial charge in [0.25, 0.3) is 11.8 Å². The van der Waals surface area contributed by atoms with Crippen LogP contribution in [-0.4, -0.2) is 28.0 Å². The third-order valence-corrected chi connectivity index (χ3v) is 8.10. The summed E-state index contributed by atoms with van der Waals surface area (Å²) in [5.41, 5.74) is 0.829. The Hall–Kier alpha value is -5.00. The average Bonchev–Trinajstić information content (AvgIpc) is 3.44. The predicted molar refractivity (Wildman–Crippen MR) is 176 cm³/mol. The first kappa shape index (κ1) is 32.4. The summed E-state index contributed by atoms with van der Waals surface area (Å²) in [7, 11) is 0. The van der Waals surface area contributed by atoms with Gasteiger partial charge in [-0.15, -0.1) is 11.8 Å². The monoisotopic (exact) mass is 662 g/mol. The van der Waals surface area contributed by atoms with Gasteiger partial charge in [-0.05, 0) is 67.6 Å². The number of carbonyl (C=O) groups excluding carboxylic acids is 3. The van der Waals surface area contributed by atoms with Gasteiger partial charge in [0.05, 0.1) is 16.5 Å². The molecule has 0 aliphatic rings. The van der Waals surface area contributed by atoms with Crippen LogP contribution in [0.25, 0.3) is 17.0 Å². The maximum Gasteiger partial charge on any atom is 0.418 e. The molecule has 1 unspecified atom stereocenters. The van der Waals surface area contributed by atoms with E-state index < -0.39 is 40.4 Å². The molecular weight excluding hydrogens is 637 g/mol. The third-order valence-electron chi connectivity index (χ3n) is 6.77. The molecule has 1 aromatic heterocycles. The van der Waals surface area contributed by atoms with Gasteiger partial charge in [-0.3, -0.25) is 14.4 Å². The molecule has 12 heteroatoms. The van der Waals surface area contributed by atoms with Crippen LogP contribution in [0.4, 0.5) is 24.5 Å². The highest BCUT2D eigenvalue weighted by molar-refractivity contribution is 8.00. The molecule has 5 aromatic rings. The first-order chi connectivity index (χ1) is 22.0. The summed E-state index contributed by atoms with van der Waals surface area (Å²) >= 11 is 6.83. The molecule has 5 rings (SSSR count). The van der Waals surface area contributed by atoms with E-state index in [9.17, 15) is 27.6 Å². The van der Waals surface area contributed by atoms with E-state index in [1.807, 2.05) is 24.3 Å². The number of aromatic nitrogens is 1. The minimum Gasteiger partial charge on any atom is -0.361 e. The zero-order chi connectivity index (χ0) is 32.8. The molecule has 0 aliphatic carbocycles. The third kappa shape index (κ3) is 7.98. The van der Waals surface area contributed by atoms with E-state index in [4.69, 9.17) is 11.6 Å². The van der Waals surface area contributed by atoms with Gasteiger partial charge < -0.3 is 20.9 Å². The zero-order valence-corrected chi connectivity index (χ0v) is 25.7. The Balaban J connectivity index is 1.33. The van der Waals surface area contributed by atoms with Crippen molar-refractivity contribution in [2.45, 2.75) is 23.2 Å². The summed E-state index contributed by atoms with van der Waals surface area (Å²) in [4.78, 5) is 43.1. The van der Waals surface area contributed by atoms with E-state index in [1.54, 1.807) is 73.8 Å². The molecule has 0 fully saturated rings. The second kappa shape index (κ2) is 14.0. The maximum absolute atomic E-state index is 13.5. The van der Waals surface area contributed by atoms with Gasteiger partial charge in [0, 0.05) is 43.8 Å². The lowest BCUT2D eigenvalue weighted by molar-refractivity contribution is -0.137. The number of amides is 3. The van der Waals surface area contributed by atoms with E-state index in [0.717, 1.165) is 34.8 Å². The molecule has 4 N–H and O–H groups in total. The lowest BCUT2D eigenvalue weighted by Gasteiger charge is -2.17. The molecule has 4 aromatic carbocycles. The minimum atomic E-state index is -4.71. The quantitative estimate of drug-likeness (QED) is 0.0941. The van der Waals surface area contributed by atoms with Gasteiger partial charge >= 0.3 is 6.18 Å². The van der Waals surface area contributed by atoms with Crippen molar-refractivity contribution in [2.75, 3.05) is 10.6 Å². The van der Waals surface area contributed by atoms with Crippen LogP contribution in [0.3, 0.4) is 0 Å². The highest BCUT2D eigenvalue weighted by Crippen LogP contribution is 2.37. The number of thioether (sulfide) groups is 1. The van der Waals surface area contributed by atoms with Gasteiger partial charge in [0.2, 0.25) is 5.91 Å². The van der Waals surface area contributed by atoms with E-state index in [1.165, 1.54) is 6.07 Å². The molecule has 0 saturated heterocycles. The fourth-order valence-electron chi connectivity index (χ4n) is 4.51. The van der Waals surface area contributed by atoms with Crippen LogP contribution >= 0.6 is 23.4 Å². The Morgan fingerprint density at radius 3 is 2.39 bits per heavy atom. The number of rotatable bonds is 9. The van der Waals surface area contributed by atoms with Crippen molar-refractivity contribution < 1.29 is 27.6 Å². The second-order valence-corrected chi connectivity index (χ2v) is 11.9. The van der Waals surface area contributed by atoms with Gasteiger partial charge in [-0.1, -0.05) is 54.1 Å². The molecule has 0 saturated carbocycles. The molecule has 1 heterocycles. The van der Waals surface area contributed by atoms with E-state index in [-0.39, 0.29) is 10.7 Å². The van der Waals surface area contributed by atoms with Crippen molar-refractivity contribution in [3.8, 4) is 0 Å². The van der Waals surface area contributed by atoms with Crippen LogP contribution < -0.4 is 16.0 Å². The van der Waals surface area contributed by atoms with Crippen LogP contribution in [-0.2, 0) is 15.8 Å². The number of anilines is 2. The smallest absolute Gasteiger partial charge is 0.361 e. The largest absolute Gasteiger partial charge is 0.418 e. The van der Waals surface area contributed by atoms with Crippen molar-refractivity contribution in [3.63, 3.8) is 0 Å². The summed E-state index contributed by atoms with van der Waals surface area (Å²) in [6.07, 6.45) is -1.40. The van der Waals surface area contributed by atoms with Crippen LogP contribution in [0.15, 0.2) is 114 Å². The molecule has 3 amide bonds.